The first-order valence-corrected chi connectivity index (χ1v) is 14.0. The highest BCUT2D eigenvalue weighted by Crippen LogP contribution is 2.32. The van der Waals surface area contributed by atoms with Gasteiger partial charge in [0.1, 0.15) is 19.4 Å². The van der Waals surface area contributed by atoms with Gasteiger partial charge in [-0.3, -0.25) is 4.79 Å². The molecule has 1 saturated carbocycles. The Morgan fingerprint density at radius 2 is 1.92 bits per heavy atom. The fourth-order valence-corrected chi connectivity index (χ4v) is 5.41. The van der Waals surface area contributed by atoms with Crippen LogP contribution in [0, 0.1) is 5.92 Å². The fraction of sp³-hybridized carbons (Fsp3) is 0.621. The van der Waals surface area contributed by atoms with E-state index in [0.717, 1.165) is 31.2 Å². The van der Waals surface area contributed by atoms with Crippen molar-refractivity contribution in [2.24, 2.45) is 5.92 Å². The number of alkyl carbamates (subject to hydrolysis) is 1. The molecule has 2 amide bonds. The second kappa shape index (κ2) is 13.9. The number of aliphatic hydroxyl groups excluding tert-OH is 1. The number of rotatable bonds is 12. The largest absolute Gasteiger partial charge is 0.445 e. The zero-order valence-corrected chi connectivity index (χ0v) is 22.9. The molecule has 0 spiro atoms. The van der Waals surface area contributed by atoms with Crippen LogP contribution in [0.1, 0.15) is 70.1 Å². The molecule has 1 saturated heterocycles. The van der Waals surface area contributed by atoms with Crippen molar-refractivity contribution in [2.75, 3.05) is 6.79 Å². The van der Waals surface area contributed by atoms with Gasteiger partial charge >= 0.3 is 6.09 Å². The third-order valence-corrected chi connectivity index (χ3v) is 7.84. The van der Waals surface area contributed by atoms with Crippen molar-refractivity contribution in [1.82, 2.24) is 20.6 Å². The van der Waals surface area contributed by atoms with E-state index in [1.54, 1.807) is 6.20 Å². The minimum absolute atomic E-state index is 0.0906. The number of ether oxygens (including phenoxy) is 3. The van der Waals surface area contributed by atoms with E-state index in [0.29, 0.717) is 24.5 Å². The zero-order valence-electron chi connectivity index (χ0n) is 22.9. The van der Waals surface area contributed by atoms with Crippen molar-refractivity contribution in [1.29, 1.82) is 0 Å². The Labute approximate surface area is 230 Å². The Morgan fingerprint density at radius 3 is 2.59 bits per heavy atom. The van der Waals surface area contributed by atoms with Crippen LogP contribution >= 0.6 is 0 Å². The smallest absolute Gasteiger partial charge is 0.408 e. The molecule has 2 aromatic rings. The van der Waals surface area contributed by atoms with E-state index >= 15 is 0 Å². The molecule has 10 heteroatoms. The minimum Gasteiger partial charge on any atom is -0.445 e. The van der Waals surface area contributed by atoms with Crippen molar-refractivity contribution in [3.8, 4) is 0 Å². The molecule has 0 bridgehead atoms. The van der Waals surface area contributed by atoms with Crippen LogP contribution in [0.15, 0.2) is 42.9 Å². The number of nitrogens with zero attached hydrogens (tertiary/aromatic N) is 1. The summed E-state index contributed by atoms with van der Waals surface area (Å²) >= 11 is 0. The van der Waals surface area contributed by atoms with Crippen LogP contribution in [-0.2, 0) is 32.0 Å². The predicted octanol–water partition coefficient (Wildman–Crippen LogP) is 3.60. The molecular weight excluding hydrogens is 500 g/mol. The van der Waals surface area contributed by atoms with Gasteiger partial charge in [0.05, 0.1) is 30.2 Å². The molecule has 0 unspecified atom stereocenters. The molecule has 4 atom stereocenters. The van der Waals surface area contributed by atoms with Crippen molar-refractivity contribution in [2.45, 2.75) is 102 Å². The zero-order chi connectivity index (χ0) is 27.7. The predicted molar refractivity (Wildman–Crippen MR) is 144 cm³/mol. The lowest BCUT2D eigenvalue weighted by Gasteiger charge is -2.33. The molecule has 4 N–H and O–H groups in total. The summed E-state index contributed by atoms with van der Waals surface area (Å²) in [5, 5.41) is 17.1. The standard InChI is InChI=1S/C29H42N4O6/c1-29(2)26(38-19-39-29)15-25(34)23(13-20-9-5-3-6-10-20)32-27(35)24(14-22-16-30-18-31-22)33-28(36)37-17-21-11-7-4-8-12-21/h4,7-8,11-12,16,18,20,23-26,34H,3,5-6,9-10,13-15,17,19H2,1-2H3,(H,30,31)(H,32,35)(H,33,36)/t23-,24-,25-,26-/m0/s1. The van der Waals surface area contributed by atoms with Crippen LogP contribution in [-0.4, -0.2) is 63.8 Å². The number of hydrogen-bond donors (Lipinski definition) is 4. The van der Waals surface area contributed by atoms with Gasteiger partial charge in [-0.15, -0.1) is 0 Å². The number of aliphatic hydroxyl groups is 1. The maximum absolute atomic E-state index is 13.6. The number of benzene rings is 1. The van der Waals surface area contributed by atoms with E-state index in [1.807, 2.05) is 44.2 Å². The van der Waals surface area contributed by atoms with Gasteiger partial charge in [-0.05, 0) is 31.7 Å². The molecule has 39 heavy (non-hydrogen) atoms. The third-order valence-electron chi connectivity index (χ3n) is 7.84. The summed E-state index contributed by atoms with van der Waals surface area (Å²) in [4.78, 5) is 33.3. The summed E-state index contributed by atoms with van der Waals surface area (Å²) < 4.78 is 16.8. The molecular formula is C29H42N4O6. The summed E-state index contributed by atoms with van der Waals surface area (Å²) in [5.41, 5.74) is 1.02. The Morgan fingerprint density at radius 1 is 1.15 bits per heavy atom. The molecule has 10 nitrogen and oxygen atoms in total. The molecule has 2 heterocycles. The Balaban J connectivity index is 1.43. The lowest BCUT2D eigenvalue weighted by atomic mass is 9.82. The molecule has 1 aromatic carbocycles. The summed E-state index contributed by atoms with van der Waals surface area (Å²) in [6.45, 7) is 4.16. The highest BCUT2D eigenvalue weighted by molar-refractivity contribution is 5.86. The van der Waals surface area contributed by atoms with Crippen molar-refractivity contribution in [3.63, 3.8) is 0 Å². The van der Waals surface area contributed by atoms with Crippen LogP contribution in [0.4, 0.5) is 4.79 Å². The van der Waals surface area contributed by atoms with E-state index in [1.165, 1.54) is 12.7 Å². The second-order valence-electron chi connectivity index (χ2n) is 11.2. The molecule has 0 radical (unpaired) electrons. The van der Waals surface area contributed by atoms with E-state index in [2.05, 4.69) is 20.6 Å². The van der Waals surface area contributed by atoms with Crippen LogP contribution < -0.4 is 10.6 Å². The Hall–Kier alpha value is -2.95. The summed E-state index contributed by atoms with van der Waals surface area (Å²) in [6.07, 6.45) is 8.22. The fourth-order valence-electron chi connectivity index (χ4n) is 5.41. The molecule has 1 aliphatic carbocycles. The summed E-state index contributed by atoms with van der Waals surface area (Å²) in [6, 6.07) is 7.93. The number of H-pyrrole nitrogens is 1. The number of aromatic amines is 1. The summed E-state index contributed by atoms with van der Waals surface area (Å²) in [5.74, 6) is 0.0336. The highest BCUT2D eigenvalue weighted by Gasteiger charge is 2.40. The minimum atomic E-state index is -0.919. The van der Waals surface area contributed by atoms with Crippen LogP contribution in [0.25, 0.3) is 0 Å². The van der Waals surface area contributed by atoms with Gasteiger partial charge in [-0.25, -0.2) is 9.78 Å². The maximum atomic E-state index is 13.6. The second-order valence-corrected chi connectivity index (χ2v) is 11.2. The average Bonchev–Trinajstić information content (AvgIpc) is 3.56. The van der Waals surface area contributed by atoms with Crippen LogP contribution in [0.5, 0.6) is 0 Å². The molecule has 1 aliphatic heterocycles. The quantitative estimate of drug-likeness (QED) is 0.322. The van der Waals surface area contributed by atoms with E-state index in [-0.39, 0.29) is 31.8 Å². The normalized spacial score (nSPS) is 21.6. The van der Waals surface area contributed by atoms with Crippen LogP contribution in [0.3, 0.4) is 0 Å². The van der Waals surface area contributed by atoms with Gasteiger partial charge in [-0.1, -0.05) is 62.4 Å². The monoisotopic (exact) mass is 542 g/mol. The number of nitrogens with one attached hydrogen (secondary N) is 3. The molecule has 2 aliphatic rings. The molecule has 1 aromatic heterocycles. The average molecular weight is 543 g/mol. The van der Waals surface area contributed by atoms with Crippen molar-refractivity contribution >= 4 is 12.0 Å². The number of hydrogen-bond acceptors (Lipinski definition) is 7. The van der Waals surface area contributed by atoms with E-state index in [9.17, 15) is 14.7 Å². The molecule has 2 fully saturated rings. The first kappa shape index (κ1) is 29.0. The SMILES string of the molecule is CC1(C)OCO[C@H]1C[C@H](O)[C@H](CC1CCCCC1)NC(=O)[C@H](Cc1cnc[nH]1)NC(=O)OCc1ccccc1. The molecule has 214 valence electrons. The highest BCUT2D eigenvalue weighted by atomic mass is 16.7. The van der Waals surface area contributed by atoms with Gasteiger partial charge in [0.2, 0.25) is 5.91 Å². The number of amides is 2. The topological polar surface area (TPSA) is 135 Å². The van der Waals surface area contributed by atoms with Crippen molar-refractivity contribution < 1.29 is 28.9 Å². The first-order chi connectivity index (χ1) is 18.8. The lowest BCUT2D eigenvalue weighted by Crippen LogP contribution is -2.54. The van der Waals surface area contributed by atoms with Gasteiger partial charge in [0, 0.05) is 24.7 Å². The van der Waals surface area contributed by atoms with Crippen molar-refractivity contribution in [3.05, 3.63) is 54.1 Å². The van der Waals surface area contributed by atoms with Gasteiger partial charge in [0.25, 0.3) is 0 Å². The van der Waals surface area contributed by atoms with E-state index in [4.69, 9.17) is 14.2 Å². The maximum Gasteiger partial charge on any atom is 0.408 e. The molecule has 4 rings (SSSR count). The van der Waals surface area contributed by atoms with Gasteiger partial charge in [-0.2, -0.15) is 0 Å². The number of carbonyl (C=O) groups excluding carboxylic acids is 2. The third kappa shape index (κ3) is 8.78. The number of imidazole rings is 1. The summed E-state index contributed by atoms with van der Waals surface area (Å²) in [7, 11) is 0. The first-order valence-electron chi connectivity index (χ1n) is 14.0. The van der Waals surface area contributed by atoms with Gasteiger partial charge < -0.3 is 34.9 Å². The Kier molecular flexibility index (Phi) is 10.4. The number of aromatic nitrogens is 2. The Bertz CT molecular complexity index is 1030. The lowest BCUT2D eigenvalue weighted by molar-refractivity contribution is -0.125. The van der Waals surface area contributed by atoms with Gasteiger partial charge in [0.15, 0.2) is 0 Å². The van der Waals surface area contributed by atoms with E-state index < -0.39 is 29.9 Å². The van der Waals surface area contributed by atoms with Crippen LogP contribution in [0.2, 0.25) is 0 Å². The number of carbonyl (C=O) groups is 2.